The van der Waals surface area contributed by atoms with E-state index in [-0.39, 0.29) is 23.7 Å². The highest BCUT2D eigenvalue weighted by molar-refractivity contribution is 5.94. The first kappa shape index (κ1) is 29.4. The molecule has 2 heterocycles. The molecule has 0 radical (unpaired) electrons. The van der Waals surface area contributed by atoms with E-state index in [1.165, 1.54) is 0 Å². The summed E-state index contributed by atoms with van der Waals surface area (Å²) in [5.74, 6) is -0.312. The molecule has 8 heteroatoms. The standard InChI is InChI=1S/C28H44N4O4/c1-9-19(6)23-27(34)29-15-14-20-10-12-21(13-11-20)36-25(18(4)5)24(28(35)30-23)31-26(33)22(32(7)8)16-17(2)3/h10-15,17-19,22-25H,9,16H2,1-8H3,(H,29,34)(H,30,35)(H,31,33)/t19-,22-,23-,24-,25+/m0/s1. The number of carbonyl (C=O) groups excluding carboxylic acids is 3. The van der Waals surface area contributed by atoms with Gasteiger partial charge in [-0.1, -0.05) is 60.1 Å². The van der Waals surface area contributed by atoms with Crippen LogP contribution >= 0.6 is 0 Å². The van der Waals surface area contributed by atoms with Crippen LogP contribution < -0.4 is 20.7 Å². The van der Waals surface area contributed by atoms with Crippen molar-refractivity contribution in [3.8, 4) is 5.75 Å². The van der Waals surface area contributed by atoms with Crippen molar-refractivity contribution in [3.05, 3.63) is 36.0 Å². The van der Waals surface area contributed by atoms with Crippen LogP contribution in [0.15, 0.2) is 30.5 Å². The minimum absolute atomic E-state index is 0.104. The van der Waals surface area contributed by atoms with Gasteiger partial charge < -0.3 is 20.7 Å². The molecule has 2 aliphatic heterocycles. The zero-order valence-electron chi connectivity index (χ0n) is 23.0. The average molecular weight is 501 g/mol. The Hall–Kier alpha value is -2.87. The molecule has 2 aliphatic rings. The normalized spacial score (nSPS) is 22.6. The summed E-state index contributed by atoms with van der Waals surface area (Å²) in [5, 5.41) is 8.70. The summed E-state index contributed by atoms with van der Waals surface area (Å²) in [7, 11) is 3.71. The first-order valence-electron chi connectivity index (χ1n) is 12.9. The molecule has 0 aliphatic carbocycles. The molecule has 0 unspecified atom stereocenters. The summed E-state index contributed by atoms with van der Waals surface area (Å²) in [6, 6.07) is 5.24. The van der Waals surface area contributed by atoms with Crippen molar-refractivity contribution in [2.24, 2.45) is 17.8 Å². The van der Waals surface area contributed by atoms with E-state index in [0.717, 1.165) is 5.56 Å². The quantitative estimate of drug-likeness (QED) is 0.509. The third kappa shape index (κ3) is 8.08. The fourth-order valence-corrected chi connectivity index (χ4v) is 4.20. The summed E-state index contributed by atoms with van der Waals surface area (Å²) in [6.45, 7) is 11.9. The molecule has 0 saturated heterocycles. The first-order chi connectivity index (χ1) is 16.9. The number of amides is 3. The molecule has 3 amide bonds. The number of ether oxygens (including phenoxy) is 1. The maximum absolute atomic E-state index is 13.8. The second-order valence-corrected chi connectivity index (χ2v) is 10.7. The summed E-state index contributed by atoms with van der Waals surface area (Å²) >= 11 is 0. The number of fused-ring (bicyclic) bond motifs is 10. The molecule has 0 spiro atoms. The number of hydrogen-bond donors (Lipinski definition) is 3. The Morgan fingerprint density at radius 3 is 2.22 bits per heavy atom. The largest absolute Gasteiger partial charge is 0.487 e. The number of carbonyl (C=O) groups is 3. The van der Waals surface area contributed by atoms with Crippen LogP contribution in [-0.4, -0.2) is 60.9 Å². The smallest absolute Gasteiger partial charge is 0.247 e. The van der Waals surface area contributed by atoms with Gasteiger partial charge in [0.2, 0.25) is 17.7 Å². The van der Waals surface area contributed by atoms with E-state index in [2.05, 4.69) is 29.8 Å². The predicted molar refractivity (Wildman–Crippen MR) is 143 cm³/mol. The van der Waals surface area contributed by atoms with E-state index in [1.54, 1.807) is 12.3 Å². The lowest BCUT2D eigenvalue weighted by Crippen LogP contribution is -2.62. The van der Waals surface area contributed by atoms with Crippen molar-refractivity contribution in [1.29, 1.82) is 0 Å². The van der Waals surface area contributed by atoms with Crippen molar-refractivity contribution in [2.75, 3.05) is 14.1 Å². The van der Waals surface area contributed by atoms with Crippen LogP contribution in [0.5, 0.6) is 5.75 Å². The van der Waals surface area contributed by atoms with Crippen LogP contribution in [0.1, 0.15) is 59.9 Å². The maximum Gasteiger partial charge on any atom is 0.247 e. The molecule has 3 rings (SSSR count). The molecule has 200 valence electrons. The number of likely N-dealkylation sites (N-methyl/N-ethyl adjacent to an activating group) is 1. The highest BCUT2D eigenvalue weighted by atomic mass is 16.5. The number of rotatable bonds is 8. The third-order valence-corrected chi connectivity index (χ3v) is 6.63. The molecule has 3 N–H and O–H groups in total. The Morgan fingerprint density at radius 2 is 1.69 bits per heavy atom. The van der Waals surface area contributed by atoms with Gasteiger partial charge in [-0.25, -0.2) is 0 Å². The van der Waals surface area contributed by atoms with E-state index in [0.29, 0.717) is 24.5 Å². The van der Waals surface area contributed by atoms with Gasteiger partial charge in [-0.05, 0) is 62.0 Å². The highest BCUT2D eigenvalue weighted by Gasteiger charge is 2.38. The topological polar surface area (TPSA) is 99.8 Å². The van der Waals surface area contributed by atoms with Crippen molar-refractivity contribution in [3.63, 3.8) is 0 Å². The van der Waals surface area contributed by atoms with Gasteiger partial charge in [0.05, 0.1) is 6.04 Å². The van der Waals surface area contributed by atoms with Crippen molar-refractivity contribution in [2.45, 2.75) is 78.6 Å². The molecule has 2 bridgehead atoms. The zero-order chi connectivity index (χ0) is 27.0. The molecular weight excluding hydrogens is 456 g/mol. The number of nitrogens with one attached hydrogen (secondary N) is 3. The third-order valence-electron chi connectivity index (χ3n) is 6.63. The van der Waals surface area contributed by atoms with Crippen LogP contribution in [0.4, 0.5) is 0 Å². The van der Waals surface area contributed by atoms with Gasteiger partial charge >= 0.3 is 0 Å². The minimum Gasteiger partial charge on any atom is -0.487 e. The van der Waals surface area contributed by atoms with Crippen molar-refractivity contribution in [1.82, 2.24) is 20.9 Å². The van der Waals surface area contributed by atoms with Gasteiger partial charge in [-0.2, -0.15) is 0 Å². The fourth-order valence-electron chi connectivity index (χ4n) is 4.20. The van der Waals surface area contributed by atoms with Crippen LogP contribution in [0.3, 0.4) is 0 Å². The Morgan fingerprint density at radius 1 is 1.06 bits per heavy atom. The minimum atomic E-state index is -0.996. The fraction of sp³-hybridized carbons (Fsp3) is 0.607. The van der Waals surface area contributed by atoms with Gasteiger partial charge in [0.25, 0.3) is 0 Å². The average Bonchev–Trinajstić information content (AvgIpc) is 2.82. The molecule has 0 aromatic heterocycles. The Labute approximate surface area is 216 Å². The zero-order valence-corrected chi connectivity index (χ0v) is 23.0. The maximum atomic E-state index is 13.8. The summed E-state index contributed by atoms with van der Waals surface area (Å²) in [5.41, 5.74) is 0.900. The molecule has 5 atom stereocenters. The van der Waals surface area contributed by atoms with Crippen LogP contribution in [0.25, 0.3) is 6.08 Å². The lowest BCUT2D eigenvalue weighted by Gasteiger charge is -2.34. The van der Waals surface area contributed by atoms with E-state index < -0.39 is 30.1 Å². The Kier molecular flexibility index (Phi) is 11.0. The van der Waals surface area contributed by atoms with Gasteiger partial charge in [-0.3, -0.25) is 19.3 Å². The van der Waals surface area contributed by atoms with Crippen LogP contribution in [0.2, 0.25) is 0 Å². The molecule has 1 aromatic carbocycles. The predicted octanol–water partition coefficient (Wildman–Crippen LogP) is 3.18. The highest BCUT2D eigenvalue weighted by Crippen LogP contribution is 2.21. The summed E-state index contributed by atoms with van der Waals surface area (Å²) < 4.78 is 6.31. The van der Waals surface area contributed by atoms with Gasteiger partial charge in [-0.15, -0.1) is 0 Å². The molecule has 0 saturated carbocycles. The monoisotopic (exact) mass is 500 g/mol. The van der Waals surface area contributed by atoms with Crippen LogP contribution in [0, 0.1) is 17.8 Å². The molecule has 1 aromatic rings. The van der Waals surface area contributed by atoms with E-state index >= 15 is 0 Å². The molecule has 36 heavy (non-hydrogen) atoms. The number of hydrogen-bond acceptors (Lipinski definition) is 5. The van der Waals surface area contributed by atoms with Gasteiger partial charge in [0.1, 0.15) is 23.9 Å². The molecular formula is C28H44N4O4. The Bertz CT molecular complexity index is 911. The van der Waals surface area contributed by atoms with Crippen molar-refractivity contribution >= 4 is 23.8 Å². The van der Waals surface area contributed by atoms with E-state index in [4.69, 9.17) is 4.74 Å². The van der Waals surface area contributed by atoms with E-state index in [1.807, 2.05) is 71.0 Å². The van der Waals surface area contributed by atoms with Gasteiger partial charge in [0, 0.05) is 6.20 Å². The number of nitrogens with zero attached hydrogens (tertiary/aromatic N) is 1. The molecule has 0 fully saturated rings. The van der Waals surface area contributed by atoms with E-state index in [9.17, 15) is 14.4 Å². The summed E-state index contributed by atoms with van der Waals surface area (Å²) in [4.78, 5) is 42.1. The lowest BCUT2D eigenvalue weighted by atomic mass is 9.94. The number of benzene rings is 1. The SMILES string of the molecule is CC[C@H](C)[C@@H]1NC(=O)[C@@H](NC(=O)[C@H](CC(C)C)N(C)C)[C@@H](C(C)C)Oc2ccc(cc2)C=CNC1=O. The Balaban J connectivity index is 2.52. The summed E-state index contributed by atoms with van der Waals surface area (Å²) in [6.07, 6.45) is 4.06. The molecule has 8 nitrogen and oxygen atoms in total. The second kappa shape index (κ2) is 13.4. The first-order valence-corrected chi connectivity index (χ1v) is 12.9. The van der Waals surface area contributed by atoms with Gasteiger partial charge in [0.15, 0.2) is 0 Å². The van der Waals surface area contributed by atoms with Crippen LogP contribution in [-0.2, 0) is 14.4 Å². The second-order valence-electron chi connectivity index (χ2n) is 10.7. The lowest BCUT2D eigenvalue weighted by molar-refractivity contribution is -0.136. The van der Waals surface area contributed by atoms with Crippen molar-refractivity contribution < 1.29 is 19.1 Å².